The standard InChI is InChI=1S/C18H17N3O2/c1-13-5-2-3-8-17(13)23-12-18(22)21-20-11-14-6-4-7-16-15(14)9-10-19-16/h2-11,19H,12H2,1H3,(H,21,22)/b20-11+. The van der Waals surface area contributed by atoms with Gasteiger partial charge < -0.3 is 9.72 Å². The van der Waals surface area contributed by atoms with Gasteiger partial charge in [-0.1, -0.05) is 30.3 Å². The van der Waals surface area contributed by atoms with Crippen LogP contribution in [0.3, 0.4) is 0 Å². The van der Waals surface area contributed by atoms with Crippen LogP contribution in [0.2, 0.25) is 0 Å². The average molecular weight is 307 g/mol. The number of aromatic amines is 1. The predicted octanol–water partition coefficient (Wildman–Crippen LogP) is 3.01. The number of para-hydroxylation sites is 1. The molecule has 0 saturated heterocycles. The maximum Gasteiger partial charge on any atom is 0.277 e. The number of rotatable bonds is 5. The molecule has 3 aromatic rings. The number of nitrogens with one attached hydrogen (secondary N) is 2. The largest absolute Gasteiger partial charge is 0.483 e. The van der Waals surface area contributed by atoms with Gasteiger partial charge in [0, 0.05) is 22.7 Å². The molecule has 2 aromatic carbocycles. The fourth-order valence-corrected chi connectivity index (χ4v) is 2.29. The van der Waals surface area contributed by atoms with Crippen LogP contribution < -0.4 is 10.2 Å². The molecule has 0 fully saturated rings. The van der Waals surface area contributed by atoms with E-state index in [1.54, 1.807) is 6.21 Å². The van der Waals surface area contributed by atoms with E-state index in [0.29, 0.717) is 5.75 Å². The molecule has 5 heteroatoms. The van der Waals surface area contributed by atoms with Crippen molar-refractivity contribution in [1.82, 2.24) is 10.4 Å². The van der Waals surface area contributed by atoms with Gasteiger partial charge in [0.1, 0.15) is 5.75 Å². The summed E-state index contributed by atoms with van der Waals surface area (Å²) in [7, 11) is 0. The predicted molar refractivity (Wildman–Crippen MR) is 90.7 cm³/mol. The number of nitrogens with zero attached hydrogens (tertiary/aromatic N) is 1. The Kier molecular flexibility index (Phi) is 4.38. The molecule has 0 bridgehead atoms. The lowest BCUT2D eigenvalue weighted by Crippen LogP contribution is -2.24. The number of aromatic nitrogens is 1. The molecule has 0 unspecified atom stereocenters. The van der Waals surface area contributed by atoms with Crippen molar-refractivity contribution in [3.05, 3.63) is 65.9 Å². The van der Waals surface area contributed by atoms with Gasteiger partial charge in [0.2, 0.25) is 0 Å². The average Bonchev–Trinajstić information content (AvgIpc) is 3.03. The van der Waals surface area contributed by atoms with Gasteiger partial charge in [-0.3, -0.25) is 4.79 Å². The van der Waals surface area contributed by atoms with Gasteiger partial charge in [0.25, 0.3) is 5.91 Å². The van der Waals surface area contributed by atoms with Crippen molar-refractivity contribution in [3.63, 3.8) is 0 Å². The highest BCUT2D eigenvalue weighted by molar-refractivity contribution is 5.98. The molecule has 2 N–H and O–H groups in total. The maximum atomic E-state index is 11.8. The smallest absolute Gasteiger partial charge is 0.277 e. The molecule has 3 rings (SSSR count). The first-order chi connectivity index (χ1) is 11.2. The van der Waals surface area contributed by atoms with Gasteiger partial charge >= 0.3 is 0 Å². The van der Waals surface area contributed by atoms with Crippen molar-refractivity contribution >= 4 is 23.0 Å². The van der Waals surface area contributed by atoms with Crippen molar-refractivity contribution in [3.8, 4) is 5.75 Å². The molecule has 0 spiro atoms. The Balaban J connectivity index is 1.57. The second-order valence-corrected chi connectivity index (χ2v) is 5.13. The van der Waals surface area contributed by atoms with Crippen LogP contribution in [0.1, 0.15) is 11.1 Å². The van der Waals surface area contributed by atoms with Crippen molar-refractivity contribution in [2.24, 2.45) is 5.10 Å². The summed E-state index contributed by atoms with van der Waals surface area (Å²) in [5.74, 6) is 0.398. The number of aryl methyl sites for hydroxylation is 1. The number of hydrazone groups is 1. The number of amides is 1. The van der Waals surface area contributed by atoms with E-state index in [1.807, 2.05) is 61.7 Å². The first-order valence-electron chi connectivity index (χ1n) is 7.30. The first kappa shape index (κ1) is 14.8. The maximum absolute atomic E-state index is 11.8. The zero-order valence-corrected chi connectivity index (χ0v) is 12.7. The Morgan fingerprint density at radius 3 is 2.96 bits per heavy atom. The first-order valence-corrected chi connectivity index (χ1v) is 7.30. The normalized spacial score (nSPS) is 11.0. The summed E-state index contributed by atoms with van der Waals surface area (Å²) < 4.78 is 5.47. The number of carbonyl (C=O) groups is 1. The third-order valence-electron chi connectivity index (χ3n) is 3.47. The minimum atomic E-state index is -0.300. The van der Waals surface area contributed by atoms with Crippen LogP contribution in [0.5, 0.6) is 5.75 Å². The minimum absolute atomic E-state index is 0.0729. The van der Waals surface area contributed by atoms with Gasteiger partial charge in [-0.15, -0.1) is 0 Å². The van der Waals surface area contributed by atoms with E-state index >= 15 is 0 Å². The molecule has 1 aromatic heterocycles. The highest BCUT2D eigenvalue weighted by atomic mass is 16.5. The Labute approximate surface area is 134 Å². The van der Waals surface area contributed by atoms with Gasteiger partial charge in [-0.2, -0.15) is 5.10 Å². The van der Waals surface area contributed by atoms with Gasteiger partial charge in [0.15, 0.2) is 6.61 Å². The highest BCUT2D eigenvalue weighted by Crippen LogP contribution is 2.16. The van der Waals surface area contributed by atoms with E-state index in [2.05, 4.69) is 15.5 Å². The van der Waals surface area contributed by atoms with Crippen LogP contribution in [-0.4, -0.2) is 23.7 Å². The lowest BCUT2D eigenvalue weighted by Gasteiger charge is -2.07. The molecule has 116 valence electrons. The SMILES string of the molecule is Cc1ccccc1OCC(=O)N/N=C/c1cccc2[nH]ccc12. The molecular formula is C18H17N3O2. The van der Waals surface area contributed by atoms with E-state index < -0.39 is 0 Å². The number of hydrogen-bond acceptors (Lipinski definition) is 3. The molecule has 23 heavy (non-hydrogen) atoms. The summed E-state index contributed by atoms with van der Waals surface area (Å²) in [5.41, 5.74) is 5.43. The lowest BCUT2D eigenvalue weighted by molar-refractivity contribution is -0.123. The van der Waals surface area contributed by atoms with Gasteiger partial charge in [-0.25, -0.2) is 5.43 Å². The number of carbonyl (C=O) groups excluding carboxylic acids is 1. The quantitative estimate of drug-likeness (QED) is 0.562. The Morgan fingerprint density at radius 2 is 2.09 bits per heavy atom. The minimum Gasteiger partial charge on any atom is -0.483 e. The number of hydrogen-bond donors (Lipinski definition) is 2. The monoisotopic (exact) mass is 307 g/mol. The van der Waals surface area contributed by atoms with E-state index in [1.165, 1.54) is 0 Å². The van der Waals surface area contributed by atoms with Crippen LogP contribution >= 0.6 is 0 Å². The third kappa shape index (κ3) is 3.58. The van der Waals surface area contributed by atoms with Crippen LogP contribution in [-0.2, 0) is 4.79 Å². The van der Waals surface area contributed by atoms with Crippen LogP contribution in [0.4, 0.5) is 0 Å². The summed E-state index contributed by atoms with van der Waals surface area (Å²) in [6, 6.07) is 15.4. The van der Waals surface area contributed by atoms with Crippen LogP contribution in [0.15, 0.2) is 59.8 Å². The van der Waals surface area contributed by atoms with Crippen molar-refractivity contribution < 1.29 is 9.53 Å². The fraction of sp³-hybridized carbons (Fsp3) is 0.111. The van der Waals surface area contributed by atoms with Gasteiger partial charge in [-0.05, 0) is 30.7 Å². The third-order valence-corrected chi connectivity index (χ3v) is 3.47. The van der Waals surface area contributed by atoms with Crippen LogP contribution in [0, 0.1) is 6.92 Å². The summed E-state index contributed by atoms with van der Waals surface area (Å²) in [4.78, 5) is 14.9. The summed E-state index contributed by atoms with van der Waals surface area (Å²) in [5, 5.41) is 5.04. The van der Waals surface area contributed by atoms with Crippen LogP contribution in [0.25, 0.3) is 10.9 Å². The number of ether oxygens (including phenoxy) is 1. The molecule has 0 atom stereocenters. The number of H-pyrrole nitrogens is 1. The fourth-order valence-electron chi connectivity index (χ4n) is 2.29. The summed E-state index contributed by atoms with van der Waals surface area (Å²) >= 11 is 0. The summed E-state index contributed by atoms with van der Waals surface area (Å²) in [6.07, 6.45) is 3.50. The van der Waals surface area contributed by atoms with E-state index in [0.717, 1.165) is 22.0 Å². The molecule has 0 aliphatic rings. The molecule has 0 aliphatic carbocycles. The second-order valence-electron chi connectivity index (χ2n) is 5.13. The molecule has 1 amide bonds. The van der Waals surface area contributed by atoms with Gasteiger partial charge in [0.05, 0.1) is 6.21 Å². The van der Waals surface area contributed by atoms with E-state index in [9.17, 15) is 4.79 Å². The topological polar surface area (TPSA) is 66.5 Å². The lowest BCUT2D eigenvalue weighted by atomic mass is 10.1. The number of benzene rings is 2. The second kappa shape index (κ2) is 6.79. The molecule has 1 heterocycles. The number of fused-ring (bicyclic) bond motifs is 1. The van der Waals surface area contributed by atoms with E-state index in [4.69, 9.17) is 4.74 Å². The van der Waals surface area contributed by atoms with E-state index in [-0.39, 0.29) is 12.5 Å². The Morgan fingerprint density at radius 1 is 1.22 bits per heavy atom. The molecule has 5 nitrogen and oxygen atoms in total. The molecule has 0 aliphatic heterocycles. The zero-order chi connectivity index (χ0) is 16.1. The van der Waals surface area contributed by atoms with Crippen molar-refractivity contribution in [2.45, 2.75) is 6.92 Å². The zero-order valence-electron chi connectivity index (χ0n) is 12.7. The molecule has 0 radical (unpaired) electrons. The Hall–Kier alpha value is -3.08. The molecular weight excluding hydrogens is 290 g/mol. The van der Waals surface area contributed by atoms with Crippen molar-refractivity contribution in [1.29, 1.82) is 0 Å². The molecule has 0 saturated carbocycles. The summed E-state index contributed by atoms with van der Waals surface area (Å²) in [6.45, 7) is 1.86. The highest BCUT2D eigenvalue weighted by Gasteiger charge is 2.03. The van der Waals surface area contributed by atoms with Crippen molar-refractivity contribution in [2.75, 3.05) is 6.61 Å². The Bertz CT molecular complexity index is 852.